The molecular weight excluding hydrogens is 480 g/mol. The number of carbonyl (C=O) groups is 1. The van der Waals surface area contributed by atoms with E-state index in [4.69, 9.17) is 15.5 Å². The Morgan fingerprint density at radius 2 is 1.92 bits per heavy atom. The van der Waals surface area contributed by atoms with Crippen molar-refractivity contribution >= 4 is 33.6 Å². The van der Waals surface area contributed by atoms with Crippen LogP contribution in [0.5, 0.6) is 0 Å². The summed E-state index contributed by atoms with van der Waals surface area (Å²) in [6.45, 7) is 2.12. The number of benzene rings is 2. The van der Waals surface area contributed by atoms with Crippen molar-refractivity contribution in [2.75, 3.05) is 11.1 Å². The molecule has 3 aliphatic rings. The molecule has 0 unspecified atom stereocenters. The number of aromatic nitrogens is 2. The highest BCUT2D eigenvalue weighted by molar-refractivity contribution is 7.90. The van der Waals surface area contributed by atoms with E-state index in [0.717, 1.165) is 46.3 Å². The maximum Gasteiger partial charge on any atom is 0.408 e. The van der Waals surface area contributed by atoms with Gasteiger partial charge in [-0.05, 0) is 48.6 Å². The van der Waals surface area contributed by atoms with Crippen LogP contribution in [0.4, 0.5) is 22.2 Å². The quantitative estimate of drug-likeness (QED) is 0.382. The predicted octanol–water partition coefficient (Wildman–Crippen LogP) is 3.07. The van der Waals surface area contributed by atoms with Gasteiger partial charge < -0.3 is 21.1 Å². The van der Waals surface area contributed by atoms with Gasteiger partial charge in [-0.25, -0.2) is 22.9 Å². The van der Waals surface area contributed by atoms with Crippen LogP contribution in [0.15, 0.2) is 42.5 Å². The van der Waals surface area contributed by atoms with Gasteiger partial charge in [0.25, 0.3) is 0 Å². The number of nitrogen functional groups attached to an aromatic ring is 1. The molecule has 0 bridgehead atoms. The summed E-state index contributed by atoms with van der Waals surface area (Å²) < 4.78 is 32.2. The monoisotopic (exact) mass is 506 g/mol. The zero-order valence-electron chi connectivity index (χ0n) is 19.6. The summed E-state index contributed by atoms with van der Waals surface area (Å²) in [5.74, 6) is 0.719. The zero-order chi connectivity index (χ0) is 25.0. The van der Waals surface area contributed by atoms with E-state index in [2.05, 4.69) is 20.3 Å². The van der Waals surface area contributed by atoms with Gasteiger partial charge >= 0.3 is 6.09 Å². The van der Waals surface area contributed by atoms with Crippen molar-refractivity contribution in [1.82, 2.24) is 20.0 Å². The summed E-state index contributed by atoms with van der Waals surface area (Å²) in [5.41, 5.74) is 12.3. The molecule has 11 heteroatoms. The van der Waals surface area contributed by atoms with Gasteiger partial charge in [0.15, 0.2) is 0 Å². The number of carbonyl (C=O) groups excluding carboxylic acids is 1. The van der Waals surface area contributed by atoms with E-state index in [9.17, 15) is 13.2 Å². The second-order valence-corrected chi connectivity index (χ2v) is 11.5. The van der Waals surface area contributed by atoms with Crippen molar-refractivity contribution in [1.29, 1.82) is 0 Å². The van der Waals surface area contributed by atoms with Crippen LogP contribution in [0.2, 0.25) is 0 Å². The number of nitrogens with zero attached hydrogens (tertiary/aromatic N) is 2. The van der Waals surface area contributed by atoms with Gasteiger partial charge in [-0.15, -0.1) is 0 Å². The molecule has 2 atom stereocenters. The minimum absolute atomic E-state index is 0.152. The number of ether oxygens (including phenoxy) is 1. The van der Waals surface area contributed by atoms with E-state index < -0.39 is 10.0 Å². The lowest BCUT2D eigenvalue weighted by atomic mass is 10.1. The predicted molar refractivity (Wildman–Crippen MR) is 135 cm³/mol. The van der Waals surface area contributed by atoms with Gasteiger partial charge in [0.05, 0.1) is 17.0 Å². The van der Waals surface area contributed by atoms with Crippen LogP contribution in [-0.2, 0) is 27.7 Å². The van der Waals surface area contributed by atoms with Crippen LogP contribution < -0.4 is 21.1 Å². The van der Waals surface area contributed by atoms with Crippen LogP contribution in [-0.4, -0.2) is 35.8 Å². The molecule has 2 fully saturated rings. The van der Waals surface area contributed by atoms with Crippen molar-refractivity contribution in [2.24, 2.45) is 0 Å². The fraction of sp³-hybridized carbons (Fsp3) is 0.320. The van der Waals surface area contributed by atoms with Crippen molar-refractivity contribution < 1.29 is 17.9 Å². The fourth-order valence-corrected chi connectivity index (χ4v) is 6.08. The van der Waals surface area contributed by atoms with Gasteiger partial charge in [0, 0.05) is 29.8 Å². The molecule has 3 aromatic rings. The Bertz CT molecular complexity index is 1470. The molecule has 10 nitrogen and oxygen atoms in total. The smallest absolute Gasteiger partial charge is 0.408 e. The molecular formula is C25H26N6O4S. The molecule has 2 aliphatic carbocycles. The van der Waals surface area contributed by atoms with Gasteiger partial charge in [0.2, 0.25) is 16.0 Å². The molecule has 1 aliphatic heterocycles. The molecule has 1 amide bonds. The van der Waals surface area contributed by atoms with Gasteiger partial charge in [-0.2, -0.15) is 4.98 Å². The van der Waals surface area contributed by atoms with Crippen molar-refractivity contribution in [2.45, 2.75) is 50.1 Å². The van der Waals surface area contributed by atoms with Crippen LogP contribution in [0, 0.1) is 6.92 Å². The maximum absolute atomic E-state index is 12.1. The first-order chi connectivity index (χ1) is 17.3. The van der Waals surface area contributed by atoms with Gasteiger partial charge in [-0.1, -0.05) is 30.3 Å². The number of amides is 1. The zero-order valence-corrected chi connectivity index (χ0v) is 20.4. The second-order valence-electron chi connectivity index (χ2n) is 9.48. The average Bonchev–Trinajstić information content (AvgIpc) is 3.59. The molecule has 5 N–H and O–H groups in total. The normalized spacial score (nSPS) is 20.4. The number of hydrogen-bond acceptors (Lipinski definition) is 8. The summed E-state index contributed by atoms with van der Waals surface area (Å²) >= 11 is 0. The van der Waals surface area contributed by atoms with Gasteiger partial charge in [0.1, 0.15) is 11.9 Å². The Balaban J connectivity index is 1.21. The van der Waals surface area contributed by atoms with Crippen LogP contribution in [0.1, 0.15) is 41.1 Å². The first-order valence-electron chi connectivity index (χ1n) is 11.9. The van der Waals surface area contributed by atoms with E-state index >= 15 is 0 Å². The molecule has 36 heavy (non-hydrogen) atoms. The maximum atomic E-state index is 12.1. The third-order valence-corrected chi connectivity index (χ3v) is 8.81. The summed E-state index contributed by atoms with van der Waals surface area (Å²) in [4.78, 5) is 20.7. The molecule has 1 saturated carbocycles. The highest BCUT2D eigenvalue weighted by atomic mass is 32.2. The fourth-order valence-electron chi connectivity index (χ4n) is 4.72. The Labute approximate surface area is 208 Å². The highest BCUT2D eigenvalue weighted by Crippen LogP contribution is 2.38. The van der Waals surface area contributed by atoms with E-state index in [0.29, 0.717) is 23.9 Å². The lowest BCUT2D eigenvalue weighted by Gasteiger charge is -2.14. The lowest BCUT2D eigenvalue weighted by Crippen LogP contribution is -2.26. The number of rotatable bonds is 7. The molecule has 1 aromatic heterocycles. The first-order valence-corrected chi connectivity index (χ1v) is 13.4. The SMILES string of the molecule is Cc1c(N)nc(Nc2ccc3c(c2)[C@@H]2NC(=O)O[C@@H]2C3)nc1-c1ccc(CNS(=O)(=O)C2CC2)cc1. The number of anilines is 3. The van der Waals surface area contributed by atoms with Crippen LogP contribution in [0.3, 0.4) is 0 Å². The topological polar surface area (TPSA) is 148 Å². The van der Waals surface area contributed by atoms with Gasteiger partial charge in [-0.3, -0.25) is 0 Å². The largest absolute Gasteiger partial charge is 0.443 e. The number of sulfonamides is 1. The standard InChI is InChI=1S/C25H26N6O4S/c1-13-21(15-4-2-14(3-5-15)12-27-36(33,34)18-8-9-18)29-24(31-23(13)26)28-17-7-6-16-10-20-22(19(16)11-17)30-25(32)35-20/h2-7,11,18,20,22,27H,8-10,12H2,1H3,(H,30,32)(H3,26,28,29,31)/t20-,22+/m1/s1. The third-order valence-electron chi connectivity index (χ3n) is 6.91. The minimum atomic E-state index is -3.23. The highest BCUT2D eigenvalue weighted by Gasteiger charge is 2.41. The number of fused-ring (bicyclic) bond motifs is 3. The average molecular weight is 507 g/mol. The summed E-state index contributed by atoms with van der Waals surface area (Å²) in [6, 6.07) is 13.3. The molecule has 0 radical (unpaired) electrons. The van der Waals surface area contributed by atoms with Crippen LogP contribution in [0.25, 0.3) is 11.3 Å². The Kier molecular flexibility index (Phi) is 5.34. The third kappa shape index (κ3) is 4.24. The van der Waals surface area contributed by atoms with E-state index in [-0.39, 0.29) is 30.0 Å². The first kappa shape index (κ1) is 22.7. The molecule has 0 spiro atoms. The van der Waals surface area contributed by atoms with Crippen LogP contribution >= 0.6 is 0 Å². The van der Waals surface area contributed by atoms with Crippen molar-refractivity contribution in [3.8, 4) is 11.3 Å². The van der Waals surface area contributed by atoms with E-state index in [1.807, 2.05) is 49.4 Å². The lowest BCUT2D eigenvalue weighted by molar-refractivity contribution is 0.136. The van der Waals surface area contributed by atoms with E-state index in [1.54, 1.807) is 0 Å². The Hall–Kier alpha value is -3.70. The summed E-state index contributed by atoms with van der Waals surface area (Å²) in [6.07, 6.45) is 1.59. The Morgan fingerprint density at radius 3 is 2.67 bits per heavy atom. The van der Waals surface area contributed by atoms with Crippen molar-refractivity contribution in [3.63, 3.8) is 0 Å². The second kappa shape index (κ2) is 8.45. The number of nitrogens with one attached hydrogen (secondary N) is 3. The summed E-state index contributed by atoms with van der Waals surface area (Å²) in [7, 11) is -3.23. The number of hydrogen-bond donors (Lipinski definition) is 4. The summed E-state index contributed by atoms with van der Waals surface area (Å²) in [5, 5.41) is 5.85. The minimum Gasteiger partial charge on any atom is -0.443 e. The number of nitrogens with two attached hydrogens (primary N) is 1. The number of alkyl carbamates (subject to hydrolysis) is 1. The molecule has 186 valence electrons. The van der Waals surface area contributed by atoms with Crippen molar-refractivity contribution in [3.05, 3.63) is 64.7 Å². The molecule has 2 aromatic carbocycles. The molecule has 6 rings (SSSR count). The molecule has 2 heterocycles. The van der Waals surface area contributed by atoms with E-state index in [1.165, 1.54) is 0 Å². The molecule has 1 saturated heterocycles. The Morgan fingerprint density at radius 1 is 1.14 bits per heavy atom.